The van der Waals surface area contributed by atoms with Crippen LogP contribution in [0, 0.1) is 5.92 Å². The summed E-state index contributed by atoms with van der Waals surface area (Å²) in [5.41, 5.74) is -0.584. The number of hydrogen-bond donors (Lipinski definition) is 2. The van der Waals surface area contributed by atoms with Gasteiger partial charge in [-0.15, -0.1) is 0 Å². The zero-order valence-corrected chi connectivity index (χ0v) is 24.1. The number of ether oxygens (including phenoxy) is 1. The number of likely N-dealkylation sites (N-methyl/N-ethyl adjacent to an activating group) is 1. The highest BCUT2D eigenvalue weighted by Crippen LogP contribution is 2.25. The van der Waals surface area contributed by atoms with Gasteiger partial charge in [0, 0.05) is 24.7 Å². The molecule has 2 rings (SSSR count). The maximum absolute atomic E-state index is 12.7. The van der Waals surface area contributed by atoms with Crippen molar-refractivity contribution < 1.29 is 19.2 Å². The van der Waals surface area contributed by atoms with E-state index in [0.717, 1.165) is 32.6 Å². The number of aromatic nitrogens is 1. The monoisotopic (exact) mass is 485 g/mol. The fourth-order valence-electron chi connectivity index (χ4n) is 2.99. The minimum Gasteiger partial charge on any atom is -0.395 e. The van der Waals surface area contributed by atoms with Crippen LogP contribution in [0.1, 0.15) is 107 Å². The Hall–Kier alpha value is -1.44. The van der Waals surface area contributed by atoms with Crippen LogP contribution < -0.4 is 5.32 Å². The summed E-state index contributed by atoms with van der Waals surface area (Å²) in [4.78, 5) is 14.7. The average molecular weight is 486 g/mol. The van der Waals surface area contributed by atoms with E-state index in [1.165, 1.54) is 19.3 Å². The van der Waals surface area contributed by atoms with Gasteiger partial charge in [-0.2, -0.15) is 0 Å². The van der Waals surface area contributed by atoms with Gasteiger partial charge in [-0.3, -0.25) is 15.0 Å². The van der Waals surface area contributed by atoms with E-state index < -0.39 is 11.0 Å². The van der Waals surface area contributed by atoms with Crippen LogP contribution in [0.15, 0.2) is 10.6 Å². The summed E-state index contributed by atoms with van der Waals surface area (Å²) >= 11 is 0. The molecule has 0 spiro atoms. The number of anilines is 1. The number of aliphatic hydroxyl groups is 1. The first kappa shape index (κ1) is 34.7. The van der Waals surface area contributed by atoms with Crippen LogP contribution in [0.4, 0.5) is 5.88 Å². The van der Waals surface area contributed by atoms with E-state index in [-0.39, 0.29) is 12.5 Å². The molecule has 202 valence electrons. The summed E-state index contributed by atoms with van der Waals surface area (Å²) in [7, 11) is 1.95. The van der Waals surface area contributed by atoms with Gasteiger partial charge >= 0.3 is 0 Å². The van der Waals surface area contributed by atoms with Gasteiger partial charge < -0.3 is 14.4 Å². The molecule has 1 atom stereocenters. The highest BCUT2D eigenvalue weighted by atomic mass is 16.5. The first-order chi connectivity index (χ1) is 16.1. The molecule has 1 aromatic rings. The van der Waals surface area contributed by atoms with Gasteiger partial charge in [-0.1, -0.05) is 79.8 Å². The largest absolute Gasteiger partial charge is 0.395 e. The van der Waals surface area contributed by atoms with Crippen molar-refractivity contribution >= 4 is 11.8 Å². The third-order valence-corrected chi connectivity index (χ3v) is 5.95. The fourth-order valence-corrected chi connectivity index (χ4v) is 2.99. The predicted octanol–water partition coefficient (Wildman–Crippen LogP) is 6.27. The maximum atomic E-state index is 12.7. The van der Waals surface area contributed by atoms with Crippen molar-refractivity contribution in [3.63, 3.8) is 0 Å². The Kier molecular flexibility index (Phi) is 19.2. The zero-order valence-electron chi connectivity index (χ0n) is 24.1. The van der Waals surface area contributed by atoms with Gasteiger partial charge in [0.2, 0.25) is 11.8 Å². The molecule has 2 N–H and O–H groups in total. The highest BCUT2D eigenvalue weighted by Gasteiger charge is 2.34. The summed E-state index contributed by atoms with van der Waals surface area (Å²) in [6, 6.07) is 1.67. The average Bonchev–Trinajstić information content (AvgIpc) is 3.53. The molecule has 1 aromatic heterocycles. The molecule has 0 unspecified atom stereocenters. The van der Waals surface area contributed by atoms with Gasteiger partial charge in [-0.05, 0) is 46.2 Å². The van der Waals surface area contributed by atoms with Gasteiger partial charge in [0.05, 0.1) is 17.8 Å². The molecule has 7 nitrogen and oxygen atoms in total. The summed E-state index contributed by atoms with van der Waals surface area (Å²) in [6.45, 7) is 22.4. The van der Waals surface area contributed by atoms with E-state index in [2.05, 4.69) is 29.2 Å². The summed E-state index contributed by atoms with van der Waals surface area (Å²) in [5, 5.41) is 16.1. The Bertz CT molecular complexity index is 621. The lowest BCUT2D eigenvalue weighted by Crippen LogP contribution is -2.51. The molecule has 0 aliphatic carbocycles. The predicted molar refractivity (Wildman–Crippen MR) is 143 cm³/mol. The first-order valence-electron chi connectivity index (χ1n) is 13.3. The van der Waals surface area contributed by atoms with Gasteiger partial charge in [0.1, 0.15) is 0 Å². The van der Waals surface area contributed by atoms with Crippen LogP contribution in [0.2, 0.25) is 0 Å². The first-order valence-corrected chi connectivity index (χ1v) is 13.3. The van der Waals surface area contributed by atoms with Crippen LogP contribution in [0.25, 0.3) is 0 Å². The van der Waals surface area contributed by atoms with E-state index in [1.807, 2.05) is 62.4 Å². The summed E-state index contributed by atoms with van der Waals surface area (Å²) < 4.78 is 10.6. The van der Waals surface area contributed by atoms with Crippen LogP contribution in [-0.4, -0.2) is 60.0 Å². The quantitative estimate of drug-likeness (QED) is 0.406. The standard InChI is InChI=1S/C18H31N3O4.C5H12.2C2H6/c1-17(2,12-22)14-10-15(25-20-14)19-16(23)18(3,4)21(5)8-6-13-7-9-24-11-13;1-3-5-4-2;2*1-2/h10,13,22H,6-9,11-12H2,1-5H3,(H,19,23);3-5H2,1-2H3;2*1-2H3/t13-;;;/m0.../s1. The van der Waals surface area contributed by atoms with Gasteiger partial charge in [0.15, 0.2) is 0 Å². The third-order valence-electron chi connectivity index (χ3n) is 5.95. The third kappa shape index (κ3) is 12.3. The van der Waals surface area contributed by atoms with Crippen LogP contribution in [0.3, 0.4) is 0 Å². The van der Waals surface area contributed by atoms with Crippen molar-refractivity contribution in [2.45, 2.75) is 112 Å². The van der Waals surface area contributed by atoms with Crippen molar-refractivity contribution in [2.24, 2.45) is 5.92 Å². The Morgan fingerprint density at radius 3 is 2.21 bits per heavy atom. The topological polar surface area (TPSA) is 87.8 Å². The second-order valence-corrected chi connectivity index (χ2v) is 9.42. The summed E-state index contributed by atoms with van der Waals surface area (Å²) in [6.07, 6.45) is 6.19. The molecule has 2 heterocycles. The van der Waals surface area contributed by atoms with E-state index >= 15 is 0 Å². The lowest BCUT2D eigenvalue weighted by Gasteiger charge is -2.34. The number of carbonyl (C=O) groups excluding carboxylic acids is 1. The Morgan fingerprint density at radius 2 is 1.76 bits per heavy atom. The van der Waals surface area contributed by atoms with Crippen molar-refractivity contribution in [2.75, 3.05) is 38.7 Å². The van der Waals surface area contributed by atoms with Gasteiger partial charge in [-0.25, -0.2) is 0 Å². The lowest BCUT2D eigenvalue weighted by molar-refractivity contribution is -0.125. The smallest absolute Gasteiger partial charge is 0.246 e. The molecule has 1 amide bonds. The van der Waals surface area contributed by atoms with E-state index in [0.29, 0.717) is 17.5 Å². The molecule has 1 aliphatic rings. The summed E-state index contributed by atoms with van der Waals surface area (Å²) in [5.74, 6) is 0.730. The highest BCUT2D eigenvalue weighted by molar-refractivity contribution is 5.96. The molecule has 34 heavy (non-hydrogen) atoms. The van der Waals surface area contributed by atoms with E-state index in [4.69, 9.17) is 9.26 Å². The molecule has 1 saturated heterocycles. The number of nitrogens with zero attached hydrogens (tertiary/aromatic N) is 2. The number of hydrogen-bond acceptors (Lipinski definition) is 6. The molecular weight excluding hydrogens is 430 g/mol. The number of nitrogens with one attached hydrogen (secondary N) is 1. The number of rotatable bonds is 10. The van der Waals surface area contributed by atoms with Crippen LogP contribution in [0.5, 0.6) is 0 Å². The van der Waals surface area contributed by atoms with E-state index in [9.17, 15) is 9.90 Å². The van der Waals surface area contributed by atoms with Crippen molar-refractivity contribution in [3.8, 4) is 0 Å². The molecule has 1 aliphatic heterocycles. The van der Waals surface area contributed by atoms with E-state index in [1.54, 1.807) is 6.07 Å². The fraction of sp³-hybridized carbons (Fsp3) is 0.852. The zero-order chi connectivity index (χ0) is 26.8. The molecule has 0 bridgehead atoms. The Balaban J connectivity index is 0. The minimum absolute atomic E-state index is 0.0496. The normalized spacial score (nSPS) is 15.4. The minimum atomic E-state index is -0.682. The molecule has 0 radical (unpaired) electrons. The van der Waals surface area contributed by atoms with Crippen molar-refractivity contribution in [3.05, 3.63) is 11.8 Å². The van der Waals surface area contributed by atoms with Crippen molar-refractivity contribution in [1.29, 1.82) is 0 Å². The molecule has 1 fully saturated rings. The van der Waals surface area contributed by atoms with Crippen LogP contribution >= 0.6 is 0 Å². The maximum Gasteiger partial charge on any atom is 0.246 e. The van der Waals surface area contributed by atoms with Gasteiger partial charge in [0.25, 0.3) is 0 Å². The second kappa shape index (κ2) is 18.8. The molecule has 7 heteroatoms. The molecule has 0 saturated carbocycles. The molecule has 0 aromatic carbocycles. The number of carbonyl (C=O) groups is 1. The van der Waals surface area contributed by atoms with Crippen LogP contribution in [-0.2, 0) is 14.9 Å². The number of amides is 1. The Labute approximate surface area is 210 Å². The SMILES string of the molecule is CC.CC.CCCCC.CN(CC[C@H]1CCOC1)C(C)(C)C(=O)Nc1cc(C(C)(C)CO)no1. The second-order valence-electron chi connectivity index (χ2n) is 9.42. The van der Waals surface area contributed by atoms with Crippen molar-refractivity contribution in [1.82, 2.24) is 10.1 Å². The number of unbranched alkanes of at least 4 members (excludes halogenated alkanes) is 2. The molecular formula is C27H55N3O4. The number of aliphatic hydroxyl groups excluding tert-OH is 1. The lowest BCUT2D eigenvalue weighted by atomic mass is 9.91. The Morgan fingerprint density at radius 1 is 1.18 bits per heavy atom.